The van der Waals surface area contributed by atoms with Crippen molar-refractivity contribution < 1.29 is 14.3 Å². The Balaban J connectivity index is 1.79. The van der Waals surface area contributed by atoms with Crippen LogP contribution in [0.15, 0.2) is 45.3 Å². The van der Waals surface area contributed by atoms with Gasteiger partial charge in [0.15, 0.2) is 6.10 Å². The molecule has 0 saturated carbocycles. The Hall–Kier alpha value is -2.06. The zero-order valence-corrected chi connectivity index (χ0v) is 18.1. The summed E-state index contributed by atoms with van der Waals surface area (Å²) in [4.78, 5) is 26.6. The van der Waals surface area contributed by atoms with Gasteiger partial charge in [-0.2, -0.15) is 0 Å². The van der Waals surface area contributed by atoms with E-state index in [0.717, 1.165) is 20.2 Å². The van der Waals surface area contributed by atoms with E-state index in [0.29, 0.717) is 18.0 Å². The number of carbonyl (C=O) groups excluding carboxylic acids is 2. The summed E-state index contributed by atoms with van der Waals surface area (Å²) >= 11 is 6.97. The van der Waals surface area contributed by atoms with E-state index in [9.17, 15) is 9.59 Å². The number of benzene rings is 2. The highest BCUT2D eigenvalue weighted by Crippen LogP contribution is 2.34. The van der Waals surface area contributed by atoms with Gasteiger partial charge < -0.3 is 20.3 Å². The van der Waals surface area contributed by atoms with Gasteiger partial charge in [-0.3, -0.25) is 9.59 Å². The highest BCUT2D eigenvalue weighted by molar-refractivity contribution is 9.11. The quantitative estimate of drug-likeness (QED) is 0.679. The monoisotopic (exact) mass is 495 g/mol. The Morgan fingerprint density at radius 2 is 1.89 bits per heavy atom. The van der Waals surface area contributed by atoms with E-state index in [1.807, 2.05) is 42.2 Å². The van der Waals surface area contributed by atoms with Crippen molar-refractivity contribution in [3.05, 3.63) is 50.9 Å². The summed E-state index contributed by atoms with van der Waals surface area (Å²) < 4.78 is 7.36. The van der Waals surface area contributed by atoms with E-state index in [4.69, 9.17) is 4.74 Å². The molecule has 2 aromatic rings. The van der Waals surface area contributed by atoms with Gasteiger partial charge in [0.05, 0.1) is 24.5 Å². The standard InChI is InChI=1S/C19H19Br2N3O3/c1-11-7-12(20)18(13(21)8-11)23-17(25)10-24-9-16(19(26)22-2)27-15-6-4-3-5-14(15)24/h3-8,16H,9-10H2,1-2H3,(H,22,26)(H,23,25)/t16-/m1/s1. The highest BCUT2D eigenvalue weighted by atomic mass is 79.9. The molecule has 2 aromatic carbocycles. The predicted molar refractivity (Wildman–Crippen MR) is 112 cm³/mol. The number of carbonyl (C=O) groups is 2. The van der Waals surface area contributed by atoms with E-state index < -0.39 is 6.10 Å². The van der Waals surface area contributed by atoms with Gasteiger partial charge in [-0.05, 0) is 68.6 Å². The van der Waals surface area contributed by atoms with Gasteiger partial charge in [0.2, 0.25) is 5.91 Å². The molecule has 1 heterocycles. The van der Waals surface area contributed by atoms with Crippen LogP contribution in [0.1, 0.15) is 5.56 Å². The van der Waals surface area contributed by atoms with E-state index in [1.54, 1.807) is 13.1 Å². The normalized spacial score (nSPS) is 15.6. The number of anilines is 2. The molecule has 2 N–H and O–H groups in total. The van der Waals surface area contributed by atoms with Crippen LogP contribution in [0, 0.1) is 6.92 Å². The van der Waals surface area contributed by atoms with E-state index >= 15 is 0 Å². The molecule has 3 rings (SSSR count). The van der Waals surface area contributed by atoms with E-state index in [-0.39, 0.29) is 18.4 Å². The lowest BCUT2D eigenvalue weighted by atomic mass is 10.1. The molecule has 1 aliphatic rings. The van der Waals surface area contributed by atoms with Crippen LogP contribution in [0.3, 0.4) is 0 Å². The Morgan fingerprint density at radius 1 is 1.22 bits per heavy atom. The first-order valence-electron chi connectivity index (χ1n) is 8.36. The van der Waals surface area contributed by atoms with Crippen LogP contribution in [-0.2, 0) is 9.59 Å². The van der Waals surface area contributed by atoms with Crippen molar-refractivity contribution in [3.63, 3.8) is 0 Å². The summed E-state index contributed by atoms with van der Waals surface area (Å²) in [6.45, 7) is 2.37. The van der Waals surface area contributed by atoms with Crippen LogP contribution in [0.2, 0.25) is 0 Å². The van der Waals surface area contributed by atoms with Gasteiger partial charge >= 0.3 is 0 Å². The third-order valence-corrected chi connectivity index (χ3v) is 5.44. The number of nitrogens with zero attached hydrogens (tertiary/aromatic N) is 1. The maximum atomic E-state index is 12.7. The summed E-state index contributed by atoms with van der Waals surface area (Å²) in [5.74, 6) is 0.175. The lowest BCUT2D eigenvalue weighted by Gasteiger charge is -2.35. The Labute approximate surface area is 174 Å². The van der Waals surface area contributed by atoms with E-state index in [2.05, 4.69) is 42.5 Å². The van der Waals surface area contributed by atoms with Crippen LogP contribution in [0.5, 0.6) is 5.75 Å². The largest absolute Gasteiger partial charge is 0.477 e. The maximum Gasteiger partial charge on any atom is 0.262 e. The van der Waals surface area contributed by atoms with Gasteiger partial charge in [0.25, 0.3) is 5.91 Å². The zero-order chi connectivity index (χ0) is 19.6. The first-order valence-corrected chi connectivity index (χ1v) is 9.95. The number of likely N-dealkylation sites (N-methyl/N-ethyl adjacent to an activating group) is 1. The molecule has 0 aromatic heterocycles. The number of aryl methyl sites for hydroxylation is 1. The van der Waals surface area contributed by atoms with Crippen LogP contribution in [-0.4, -0.2) is 38.1 Å². The third-order valence-electron chi connectivity index (χ3n) is 4.19. The zero-order valence-electron chi connectivity index (χ0n) is 14.9. The molecule has 1 atom stereocenters. The van der Waals surface area contributed by atoms with Crippen LogP contribution < -0.4 is 20.3 Å². The summed E-state index contributed by atoms with van der Waals surface area (Å²) in [7, 11) is 1.57. The molecular formula is C19H19Br2N3O3. The molecule has 0 fully saturated rings. The predicted octanol–water partition coefficient (Wildman–Crippen LogP) is 3.47. The van der Waals surface area contributed by atoms with Crippen LogP contribution >= 0.6 is 31.9 Å². The molecule has 8 heteroatoms. The lowest BCUT2D eigenvalue weighted by molar-refractivity contribution is -0.127. The summed E-state index contributed by atoms with van der Waals surface area (Å²) in [6, 6.07) is 11.3. The molecule has 27 heavy (non-hydrogen) atoms. The molecule has 0 aliphatic carbocycles. The number of amides is 2. The molecule has 0 unspecified atom stereocenters. The number of ether oxygens (including phenoxy) is 1. The van der Waals surface area contributed by atoms with Crippen molar-refractivity contribution in [3.8, 4) is 5.75 Å². The van der Waals surface area contributed by atoms with Crippen LogP contribution in [0.25, 0.3) is 0 Å². The van der Waals surface area contributed by atoms with Gasteiger partial charge in [-0.15, -0.1) is 0 Å². The second-order valence-electron chi connectivity index (χ2n) is 6.22. The average Bonchev–Trinajstić information content (AvgIpc) is 2.63. The number of nitrogens with one attached hydrogen (secondary N) is 2. The second-order valence-corrected chi connectivity index (χ2v) is 7.93. The first-order chi connectivity index (χ1) is 12.9. The Bertz CT molecular complexity index is 865. The molecule has 2 amide bonds. The second kappa shape index (κ2) is 8.31. The fourth-order valence-electron chi connectivity index (χ4n) is 2.93. The number of halogens is 2. The van der Waals surface area contributed by atoms with Crippen molar-refractivity contribution in [1.29, 1.82) is 0 Å². The fraction of sp³-hybridized carbons (Fsp3) is 0.263. The molecule has 0 spiro atoms. The summed E-state index contributed by atoms with van der Waals surface area (Å²) in [5.41, 5.74) is 2.53. The number of fused-ring (bicyclic) bond motifs is 1. The SMILES string of the molecule is CNC(=O)[C@H]1CN(CC(=O)Nc2c(Br)cc(C)cc2Br)c2ccccc2O1. The van der Waals surface area contributed by atoms with Crippen molar-refractivity contribution in [2.75, 3.05) is 30.4 Å². The lowest BCUT2D eigenvalue weighted by Crippen LogP contribution is -2.50. The number of hydrogen-bond donors (Lipinski definition) is 2. The number of para-hydroxylation sites is 2. The van der Waals surface area contributed by atoms with E-state index in [1.165, 1.54) is 0 Å². The topological polar surface area (TPSA) is 70.7 Å². The van der Waals surface area contributed by atoms with Crippen molar-refractivity contribution in [1.82, 2.24) is 5.32 Å². The van der Waals surface area contributed by atoms with Gasteiger partial charge in [0.1, 0.15) is 5.75 Å². The maximum absolute atomic E-state index is 12.7. The minimum absolute atomic E-state index is 0.0978. The molecule has 0 radical (unpaired) electrons. The highest BCUT2D eigenvalue weighted by Gasteiger charge is 2.31. The summed E-state index contributed by atoms with van der Waals surface area (Å²) in [6.07, 6.45) is -0.671. The molecule has 0 saturated heterocycles. The minimum Gasteiger partial charge on any atom is -0.477 e. The summed E-state index contributed by atoms with van der Waals surface area (Å²) in [5, 5.41) is 5.52. The molecule has 1 aliphatic heterocycles. The van der Waals surface area contributed by atoms with Crippen molar-refractivity contribution in [2.24, 2.45) is 0 Å². The third kappa shape index (κ3) is 4.44. The molecule has 0 bridgehead atoms. The average molecular weight is 497 g/mol. The Kier molecular flexibility index (Phi) is 6.06. The van der Waals surface area contributed by atoms with Crippen molar-refractivity contribution >= 4 is 55.0 Å². The van der Waals surface area contributed by atoms with Gasteiger partial charge in [0, 0.05) is 16.0 Å². The first kappa shape index (κ1) is 19.7. The van der Waals surface area contributed by atoms with Crippen molar-refractivity contribution in [2.45, 2.75) is 13.0 Å². The Morgan fingerprint density at radius 3 is 2.56 bits per heavy atom. The molecular weight excluding hydrogens is 478 g/mol. The van der Waals surface area contributed by atoms with Gasteiger partial charge in [-0.1, -0.05) is 12.1 Å². The minimum atomic E-state index is -0.671. The fourth-order valence-corrected chi connectivity index (χ4v) is 4.54. The molecule has 142 valence electrons. The number of rotatable bonds is 4. The van der Waals surface area contributed by atoms with Gasteiger partial charge in [-0.25, -0.2) is 0 Å². The van der Waals surface area contributed by atoms with Crippen LogP contribution in [0.4, 0.5) is 11.4 Å². The molecule has 6 nitrogen and oxygen atoms in total. The smallest absolute Gasteiger partial charge is 0.262 e. The number of hydrogen-bond acceptors (Lipinski definition) is 4.